The molecule has 1 saturated heterocycles. The summed E-state index contributed by atoms with van der Waals surface area (Å²) in [5, 5.41) is 6.67. The summed E-state index contributed by atoms with van der Waals surface area (Å²) in [6.07, 6.45) is 2.54. The van der Waals surface area contributed by atoms with Crippen LogP contribution in [0.15, 0.2) is 27.8 Å². The van der Waals surface area contributed by atoms with Crippen molar-refractivity contribution in [3.05, 3.63) is 24.2 Å². The van der Waals surface area contributed by atoms with Crippen molar-refractivity contribution in [1.82, 2.24) is 15.5 Å². The second kappa shape index (κ2) is 11.9. The fraction of sp³-hybridized carbons (Fsp3) is 0.706. The lowest BCUT2D eigenvalue weighted by Crippen LogP contribution is -2.41. The van der Waals surface area contributed by atoms with Gasteiger partial charge < -0.3 is 24.5 Å². The standard InChI is InChI=1S/C17H30N4O3/c1-2-22-13-8-20-17(18-6-5-16-4-3-12-24-16)19-7-9-21-10-14-23-15-11-21/h3-4,12H,2,5-11,13-15H2,1H3,(H2,18,19,20). The zero-order valence-electron chi connectivity index (χ0n) is 14.6. The Kier molecular flexibility index (Phi) is 9.29. The minimum absolute atomic E-state index is 0.679. The van der Waals surface area contributed by atoms with Crippen LogP contribution in [0.25, 0.3) is 0 Å². The van der Waals surface area contributed by atoms with Crippen molar-refractivity contribution in [3.63, 3.8) is 0 Å². The second-order valence-electron chi connectivity index (χ2n) is 5.56. The van der Waals surface area contributed by atoms with Crippen molar-refractivity contribution < 1.29 is 13.9 Å². The number of furan rings is 1. The van der Waals surface area contributed by atoms with Gasteiger partial charge in [-0.05, 0) is 19.1 Å². The van der Waals surface area contributed by atoms with Gasteiger partial charge in [0, 0.05) is 45.8 Å². The molecule has 0 bridgehead atoms. The Hall–Kier alpha value is -1.57. The molecular formula is C17H30N4O3. The molecule has 1 aromatic heterocycles. The molecule has 2 heterocycles. The maximum atomic E-state index is 5.37. The van der Waals surface area contributed by atoms with Crippen LogP contribution in [-0.4, -0.2) is 76.6 Å². The third kappa shape index (κ3) is 7.81. The van der Waals surface area contributed by atoms with E-state index >= 15 is 0 Å². The molecule has 0 radical (unpaired) electrons. The summed E-state index contributed by atoms with van der Waals surface area (Å²) in [6, 6.07) is 3.90. The highest BCUT2D eigenvalue weighted by Gasteiger charge is 2.09. The molecular weight excluding hydrogens is 308 g/mol. The van der Waals surface area contributed by atoms with Crippen LogP contribution < -0.4 is 10.6 Å². The Balaban J connectivity index is 1.70. The van der Waals surface area contributed by atoms with Crippen LogP contribution in [0.4, 0.5) is 0 Å². The van der Waals surface area contributed by atoms with Gasteiger partial charge >= 0.3 is 0 Å². The molecule has 2 N–H and O–H groups in total. The highest BCUT2D eigenvalue weighted by Crippen LogP contribution is 1.99. The SMILES string of the molecule is CCOCCNC(=NCCN1CCOCC1)NCCc1ccco1. The highest BCUT2D eigenvalue weighted by molar-refractivity contribution is 5.79. The molecule has 0 atom stereocenters. The van der Waals surface area contributed by atoms with Gasteiger partial charge in [-0.1, -0.05) is 0 Å². The van der Waals surface area contributed by atoms with Crippen LogP contribution in [0.1, 0.15) is 12.7 Å². The van der Waals surface area contributed by atoms with Gasteiger partial charge in [-0.25, -0.2) is 0 Å². The van der Waals surface area contributed by atoms with E-state index in [1.54, 1.807) is 6.26 Å². The summed E-state index contributed by atoms with van der Waals surface area (Å²) in [7, 11) is 0. The summed E-state index contributed by atoms with van der Waals surface area (Å²) < 4.78 is 16.1. The molecule has 1 aliphatic rings. The molecule has 0 amide bonds. The summed E-state index contributed by atoms with van der Waals surface area (Å²) in [5.74, 6) is 1.80. The number of hydrogen-bond acceptors (Lipinski definition) is 5. The zero-order valence-corrected chi connectivity index (χ0v) is 14.6. The van der Waals surface area contributed by atoms with Gasteiger partial charge in [0.15, 0.2) is 5.96 Å². The van der Waals surface area contributed by atoms with Crippen molar-refractivity contribution in [2.24, 2.45) is 4.99 Å². The smallest absolute Gasteiger partial charge is 0.191 e. The van der Waals surface area contributed by atoms with E-state index in [0.29, 0.717) is 6.61 Å². The molecule has 0 unspecified atom stereocenters. The van der Waals surface area contributed by atoms with E-state index in [4.69, 9.17) is 13.9 Å². The third-order valence-corrected chi connectivity index (χ3v) is 3.78. The first-order valence-electron chi connectivity index (χ1n) is 8.81. The first kappa shape index (κ1) is 18.8. The van der Waals surface area contributed by atoms with Gasteiger partial charge in [0.05, 0.1) is 32.6 Å². The molecule has 1 fully saturated rings. The quantitative estimate of drug-likeness (QED) is 0.372. The van der Waals surface area contributed by atoms with Crippen LogP contribution in [0, 0.1) is 0 Å². The number of ether oxygens (including phenoxy) is 2. The fourth-order valence-corrected chi connectivity index (χ4v) is 2.45. The maximum Gasteiger partial charge on any atom is 0.191 e. The van der Waals surface area contributed by atoms with Crippen LogP contribution in [0.5, 0.6) is 0 Å². The molecule has 0 aliphatic carbocycles. The lowest BCUT2D eigenvalue weighted by atomic mass is 10.3. The van der Waals surface area contributed by atoms with Gasteiger partial charge in [-0.3, -0.25) is 9.89 Å². The zero-order chi connectivity index (χ0) is 16.9. The number of morpholine rings is 1. The van der Waals surface area contributed by atoms with E-state index in [1.165, 1.54) is 0 Å². The number of hydrogen-bond donors (Lipinski definition) is 2. The van der Waals surface area contributed by atoms with Gasteiger partial charge in [-0.15, -0.1) is 0 Å². The average molecular weight is 338 g/mol. The number of guanidine groups is 1. The van der Waals surface area contributed by atoms with Crippen LogP contribution in [0.3, 0.4) is 0 Å². The predicted octanol–water partition coefficient (Wildman–Crippen LogP) is 0.726. The summed E-state index contributed by atoms with van der Waals surface area (Å²) in [6.45, 7) is 10.3. The minimum atomic E-state index is 0.679. The van der Waals surface area contributed by atoms with Crippen molar-refractivity contribution in [2.45, 2.75) is 13.3 Å². The summed E-state index contributed by atoms with van der Waals surface area (Å²) >= 11 is 0. The van der Waals surface area contributed by atoms with Gasteiger partial charge in [-0.2, -0.15) is 0 Å². The van der Waals surface area contributed by atoms with Gasteiger partial charge in [0.1, 0.15) is 5.76 Å². The molecule has 136 valence electrons. The molecule has 24 heavy (non-hydrogen) atoms. The lowest BCUT2D eigenvalue weighted by Gasteiger charge is -2.25. The van der Waals surface area contributed by atoms with Crippen LogP contribution in [-0.2, 0) is 15.9 Å². The first-order chi connectivity index (χ1) is 11.9. The summed E-state index contributed by atoms with van der Waals surface area (Å²) in [5.41, 5.74) is 0. The average Bonchev–Trinajstić information content (AvgIpc) is 3.12. The Morgan fingerprint density at radius 3 is 2.88 bits per heavy atom. The van der Waals surface area contributed by atoms with Crippen molar-refractivity contribution >= 4 is 5.96 Å². The molecule has 7 nitrogen and oxygen atoms in total. The monoisotopic (exact) mass is 338 g/mol. The van der Waals surface area contributed by atoms with E-state index in [2.05, 4.69) is 20.5 Å². The topological polar surface area (TPSA) is 71.3 Å². The number of nitrogens with zero attached hydrogens (tertiary/aromatic N) is 2. The Morgan fingerprint density at radius 1 is 1.29 bits per heavy atom. The van der Waals surface area contributed by atoms with Crippen LogP contribution >= 0.6 is 0 Å². The molecule has 2 rings (SSSR count). The van der Waals surface area contributed by atoms with Gasteiger partial charge in [0.25, 0.3) is 0 Å². The maximum absolute atomic E-state index is 5.37. The van der Waals surface area contributed by atoms with Crippen molar-refractivity contribution in [1.29, 1.82) is 0 Å². The fourth-order valence-electron chi connectivity index (χ4n) is 2.45. The van der Waals surface area contributed by atoms with E-state index in [1.807, 2.05) is 19.1 Å². The number of rotatable bonds is 10. The highest BCUT2D eigenvalue weighted by atomic mass is 16.5. The molecule has 0 aromatic carbocycles. The number of nitrogens with one attached hydrogen (secondary N) is 2. The molecule has 1 aliphatic heterocycles. The normalized spacial score (nSPS) is 16.3. The van der Waals surface area contributed by atoms with Crippen molar-refractivity contribution in [3.8, 4) is 0 Å². The number of aliphatic imine (C=N–C) groups is 1. The van der Waals surface area contributed by atoms with Crippen LogP contribution in [0.2, 0.25) is 0 Å². The predicted molar refractivity (Wildman–Crippen MR) is 94.5 cm³/mol. The van der Waals surface area contributed by atoms with E-state index in [-0.39, 0.29) is 0 Å². The third-order valence-electron chi connectivity index (χ3n) is 3.78. The minimum Gasteiger partial charge on any atom is -0.469 e. The Bertz CT molecular complexity index is 445. The Morgan fingerprint density at radius 2 is 2.12 bits per heavy atom. The second-order valence-corrected chi connectivity index (χ2v) is 5.56. The lowest BCUT2D eigenvalue weighted by molar-refractivity contribution is 0.0394. The van der Waals surface area contributed by atoms with Crippen molar-refractivity contribution in [2.75, 3.05) is 65.7 Å². The van der Waals surface area contributed by atoms with E-state index in [0.717, 1.165) is 77.2 Å². The largest absolute Gasteiger partial charge is 0.469 e. The molecule has 1 aromatic rings. The van der Waals surface area contributed by atoms with E-state index in [9.17, 15) is 0 Å². The van der Waals surface area contributed by atoms with Gasteiger partial charge in [0.2, 0.25) is 0 Å². The molecule has 7 heteroatoms. The summed E-state index contributed by atoms with van der Waals surface area (Å²) in [4.78, 5) is 7.04. The Labute approximate surface area is 144 Å². The van der Waals surface area contributed by atoms with E-state index < -0.39 is 0 Å². The molecule has 0 spiro atoms. The first-order valence-corrected chi connectivity index (χ1v) is 8.81. The molecule has 0 saturated carbocycles.